The van der Waals surface area contributed by atoms with Gasteiger partial charge in [0, 0.05) is 0 Å². The molecule has 1 saturated heterocycles. The first-order chi connectivity index (χ1) is 11.4. The highest BCUT2D eigenvalue weighted by Gasteiger charge is 2.54. The van der Waals surface area contributed by atoms with E-state index in [2.05, 4.69) is 12.2 Å². The van der Waals surface area contributed by atoms with Crippen LogP contribution in [0.3, 0.4) is 0 Å². The summed E-state index contributed by atoms with van der Waals surface area (Å²) in [5.74, 6) is 0.916. The first-order valence-electron chi connectivity index (χ1n) is 8.78. The Labute approximate surface area is 143 Å². The van der Waals surface area contributed by atoms with E-state index in [0.717, 1.165) is 42.6 Å². The quantitative estimate of drug-likeness (QED) is 0.863. The Balaban J connectivity index is 1.64. The third-order valence-corrected chi connectivity index (χ3v) is 5.42. The van der Waals surface area contributed by atoms with Gasteiger partial charge in [0.2, 0.25) is 0 Å². The molecule has 3 amide bonds. The summed E-state index contributed by atoms with van der Waals surface area (Å²) in [4.78, 5) is 26.5. The van der Waals surface area contributed by atoms with Crippen LogP contribution in [-0.2, 0) is 4.79 Å². The molecule has 2 atom stereocenters. The van der Waals surface area contributed by atoms with E-state index < -0.39 is 5.54 Å². The standard InChI is InChI=1S/C19H26N2O3/c1-13-7-8-14(2)16(12-13)24-11-10-21-17(22)19(20-18(21)23)9-5-4-6-15(19)3/h7-8,12,15H,4-6,9-11H2,1-3H3,(H,20,23). The smallest absolute Gasteiger partial charge is 0.325 e. The van der Waals surface area contributed by atoms with Gasteiger partial charge < -0.3 is 10.1 Å². The fourth-order valence-corrected chi connectivity index (χ4v) is 3.81. The predicted octanol–water partition coefficient (Wildman–Crippen LogP) is 3.18. The lowest BCUT2D eigenvalue weighted by Gasteiger charge is -2.36. The summed E-state index contributed by atoms with van der Waals surface area (Å²) in [5.41, 5.74) is 1.49. The zero-order chi connectivity index (χ0) is 17.3. The molecule has 3 rings (SSSR count). The van der Waals surface area contributed by atoms with E-state index in [1.165, 1.54) is 4.90 Å². The van der Waals surface area contributed by atoms with Crippen LogP contribution >= 0.6 is 0 Å². The minimum atomic E-state index is -0.686. The van der Waals surface area contributed by atoms with Crippen molar-refractivity contribution in [2.24, 2.45) is 5.92 Å². The van der Waals surface area contributed by atoms with Crippen molar-refractivity contribution in [1.82, 2.24) is 10.2 Å². The third kappa shape index (κ3) is 2.87. The molecule has 24 heavy (non-hydrogen) atoms. The average molecular weight is 330 g/mol. The lowest BCUT2D eigenvalue weighted by Crippen LogP contribution is -2.54. The first-order valence-corrected chi connectivity index (χ1v) is 8.78. The highest BCUT2D eigenvalue weighted by Crippen LogP contribution is 2.38. The summed E-state index contributed by atoms with van der Waals surface area (Å²) < 4.78 is 5.80. The van der Waals surface area contributed by atoms with E-state index in [0.29, 0.717) is 6.61 Å². The van der Waals surface area contributed by atoms with Gasteiger partial charge in [0.15, 0.2) is 0 Å². The number of hydrogen-bond acceptors (Lipinski definition) is 3. The Hall–Kier alpha value is -2.04. The van der Waals surface area contributed by atoms with Gasteiger partial charge in [0.1, 0.15) is 17.9 Å². The lowest BCUT2D eigenvalue weighted by molar-refractivity contribution is -0.134. The number of benzene rings is 1. The van der Waals surface area contributed by atoms with E-state index in [-0.39, 0.29) is 24.4 Å². The van der Waals surface area contributed by atoms with Crippen molar-refractivity contribution in [2.75, 3.05) is 13.2 Å². The van der Waals surface area contributed by atoms with Gasteiger partial charge in [0.25, 0.3) is 5.91 Å². The van der Waals surface area contributed by atoms with Crippen molar-refractivity contribution in [1.29, 1.82) is 0 Å². The first kappa shape index (κ1) is 16.8. The second-order valence-corrected chi connectivity index (χ2v) is 7.12. The lowest BCUT2D eigenvalue weighted by atomic mass is 9.73. The number of nitrogens with one attached hydrogen (secondary N) is 1. The Morgan fingerprint density at radius 3 is 2.83 bits per heavy atom. The van der Waals surface area contributed by atoms with Gasteiger partial charge in [-0.1, -0.05) is 31.9 Å². The Kier molecular flexibility index (Phi) is 4.52. The number of carbonyl (C=O) groups excluding carboxylic acids is 2. The van der Waals surface area contributed by atoms with Gasteiger partial charge in [-0.2, -0.15) is 0 Å². The second kappa shape index (κ2) is 6.46. The molecule has 1 saturated carbocycles. The minimum absolute atomic E-state index is 0.0794. The molecule has 0 aromatic heterocycles. The normalized spacial score (nSPS) is 26.8. The summed E-state index contributed by atoms with van der Waals surface area (Å²) >= 11 is 0. The van der Waals surface area contributed by atoms with Crippen LogP contribution in [0.1, 0.15) is 43.7 Å². The summed E-state index contributed by atoms with van der Waals surface area (Å²) in [6.07, 6.45) is 3.84. The minimum Gasteiger partial charge on any atom is -0.491 e. The number of hydrogen-bond donors (Lipinski definition) is 1. The Bertz CT molecular complexity index is 658. The molecule has 1 spiro atoms. The number of imide groups is 1. The Morgan fingerprint density at radius 2 is 2.08 bits per heavy atom. The monoisotopic (exact) mass is 330 g/mol. The van der Waals surface area contributed by atoms with Gasteiger partial charge in [-0.05, 0) is 49.8 Å². The van der Waals surface area contributed by atoms with E-state index in [1.54, 1.807) is 0 Å². The molecule has 1 aliphatic carbocycles. The number of aryl methyl sites for hydroxylation is 2. The van der Waals surface area contributed by atoms with E-state index >= 15 is 0 Å². The predicted molar refractivity (Wildman–Crippen MR) is 92.0 cm³/mol. The number of rotatable bonds is 4. The molecule has 130 valence electrons. The summed E-state index contributed by atoms with van der Waals surface area (Å²) in [6.45, 7) is 6.66. The van der Waals surface area contributed by atoms with Crippen molar-refractivity contribution in [3.8, 4) is 5.75 Å². The molecule has 1 heterocycles. The summed E-state index contributed by atoms with van der Waals surface area (Å²) in [5, 5.41) is 2.97. The molecule has 0 radical (unpaired) electrons. The van der Waals surface area contributed by atoms with Crippen molar-refractivity contribution < 1.29 is 14.3 Å². The van der Waals surface area contributed by atoms with Crippen LogP contribution < -0.4 is 10.1 Å². The van der Waals surface area contributed by atoms with Crippen LogP contribution in [0.4, 0.5) is 4.79 Å². The van der Waals surface area contributed by atoms with Gasteiger partial charge in [-0.25, -0.2) is 4.79 Å². The molecule has 1 aromatic rings. The van der Waals surface area contributed by atoms with Crippen LogP contribution in [0.15, 0.2) is 18.2 Å². The average Bonchev–Trinajstić information content (AvgIpc) is 2.78. The molecule has 2 fully saturated rings. The molecule has 1 aliphatic heterocycles. The fourth-order valence-electron chi connectivity index (χ4n) is 3.81. The van der Waals surface area contributed by atoms with Crippen LogP contribution in [0.5, 0.6) is 5.75 Å². The van der Waals surface area contributed by atoms with Crippen molar-refractivity contribution in [3.63, 3.8) is 0 Å². The molecule has 2 aliphatic rings. The number of urea groups is 1. The van der Waals surface area contributed by atoms with Gasteiger partial charge in [-0.3, -0.25) is 9.69 Å². The van der Waals surface area contributed by atoms with Crippen LogP contribution in [-0.4, -0.2) is 35.5 Å². The highest BCUT2D eigenvalue weighted by atomic mass is 16.5. The fraction of sp³-hybridized carbons (Fsp3) is 0.579. The summed E-state index contributed by atoms with van der Waals surface area (Å²) in [7, 11) is 0. The van der Waals surface area contributed by atoms with Crippen LogP contribution in [0.25, 0.3) is 0 Å². The van der Waals surface area contributed by atoms with Gasteiger partial charge in [-0.15, -0.1) is 0 Å². The maximum absolute atomic E-state index is 12.9. The van der Waals surface area contributed by atoms with Crippen molar-refractivity contribution >= 4 is 11.9 Å². The second-order valence-electron chi connectivity index (χ2n) is 7.12. The van der Waals surface area contributed by atoms with E-state index in [9.17, 15) is 9.59 Å². The highest BCUT2D eigenvalue weighted by molar-refractivity contribution is 6.07. The molecule has 5 heteroatoms. The molecular formula is C19H26N2O3. The van der Waals surface area contributed by atoms with Crippen LogP contribution in [0, 0.1) is 19.8 Å². The van der Waals surface area contributed by atoms with Gasteiger partial charge >= 0.3 is 6.03 Å². The molecule has 1 N–H and O–H groups in total. The third-order valence-electron chi connectivity index (χ3n) is 5.42. The van der Waals surface area contributed by atoms with E-state index in [4.69, 9.17) is 4.74 Å². The maximum atomic E-state index is 12.9. The molecular weight excluding hydrogens is 304 g/mol. The zero-order valence-electron chi connectivity index (χ0n) is 14.7. The van der Waals surface area contributed by atoms with E-state index in [1.807, 2.05) is 32.0 Å². The SMILES string of the molecule is Cc1ccc(C)c(OCCN2C(=O)NC3(CCCCC3C)C2=O)c1. The summed E-state index contributed by atoms with van der Waals surface area (Å²) in [6, 6.07) is 5.75. The number of amides is 3. The van der Waals surface area contributed by atoms with Gasteiger partial charge in [0.05, 0.1) is 6.54 Å². The van der Waals surface area contributed by atoms with Crippen LogP contribution in [0.2, 0.25) is 0 Å². The molecule has 1 aromatic carbocycles. The number of nitrogens with zero attached hydrogens (tertiary/aromatic N) is 1. The molecule has 0 bridgehead atoms. The topological polar surface area (TPSA) is 58.6 Å². The number of ether oxygens (including phenoxy) is 1. The van der Waals surface area contributed by atoms with Crippen molar-refractivity contribution in [3.05, 3.63) is 29.3 Å². The molecule has 2 unspecified atom stereocenters. The van der Waals surface area contributed by atoms with Crippen molar-refractivity contribution in [2.45, 2.75) is 52.0 Å². The zero-order valence-corrected chi connectivity index (χ0v) is 14.7. The Morgan fingerprint density at radius 1 is 1.29 bits per heavy atom. The maximum Gasteiger partial charge on any atom is 0.325 e. The number of carbonyl (C=O) groups is 2. The molecule has 5 nitrogen and oxygen atoms in total. The largest absolute Gasteiger partial charge is 0.491 e.